The molecule has 0 bridgehead atoms. The Balaban J connectivity index is 2.19. The van der Waals surface area contributed by atoms with E-state index in [1.54, 1.807) is 24.4 Å². The molecule has 1 heterocycles. The average molecular weight is 275 g/mol. The number of aromatic nitrogens is 1. The SMILES string of the molecule is Cc1cc(C(=O)NC(C)(C)c2nccs2)ccc1N. The highest BCUT2D eigenvalue weighted by atomic mass is 32.1. The van der Waals surface area contributed by atoms with Gasteiger partial charge in [0.05, 0.1) is 5.54 Å². The van der Waals surface area contributed by atoms with Crippen molar-refractivity contribution in [2.24, 2.45) is 0 Å². The van der Waals surface area contributed by atoms with Crippen molar-refractivity contribution in [2.45, 2.75) is 26.3 Å². The molecule has 0 spiro atoms. The van der Waals surface area contributed by atoms with Gasteiger partial charge in [-0.1, -0.05) is 0 Å². The molecule has 1 aromatic heterocycles. The number of rotatable bonds is 3. The van der Waals surface area contributed by atoms with Gasteiger partial charge in [0.2, 0.25) is 0 Å². The summed E-state index contributed by atoms with van der Waals surface area (Å²) in [4.78, 5) is 16.5. The van der Waals surface area contributed by atoms with E-state index in [9.17, 15) is 4.79 Å². The Morgan fingerprint density at radius 3 is 2.74 bits per heavy atom. The predicted molar refractivity (Wildman–Crippen MR) is 78.2 cm³/mol. The fraction of sp³-hybridized carbons (Fsp3) is 0.286. The van der Waals surface area contributed by atoms with Gasteiger partial charge in [-0.2, -0.15) is 0 Å². The number of amides is 1. The molecule has 0 aliphatic rings. The third-order valence-electron chi connectivity index (χ3n) is 2.93. The number of nitrogen functional groups attached to an aromatic ring is 1. The van der Waals surface area contributed by atoms with Crippen LogP contribution in [0.25, 0.3) is 0 Å². The zero-order chi connectivity index (χ0) is 14.0. The van der Waals surface area contributed by atoms with E-state index >= 15 is 0 Å². The molecule has 1 aromatic carbocycles. The zero-order valence-corrected chi connectivity index (χ0v) is 12.0. The molecule has 0 atom stereocenters. The summed E-state index contributed by atoms with van der Waals surface area (Å²) in [7, 11) is 0. The molecule has 0 radical (unpaired) electrons. The standard InChI is InChI=1S/C14H17N3OS/c1-9-8-10(4-5-11(9)15)12(18)17-14(2,3)13-16-6-7-19-13/h4-8H,15H2,1-3H3,(H,17,18). The van der Waals surface area contributed by atoms with Gasteiger partial charge in [0.1, 0.15) is 5.01 Å². The summed E-state index contributed by atoms with van der Waals surface area (Å²) >= 11 is 1.53. The molecule has 5 heteroatoms. The Hall–Kier alpha value is -1.88. The summed E-state index contributed by atoms with van der Waals surface area (Å²) in [5, 5.41) is 5.77. The minimum Gasteiger partial charge on any atom is -0.399 e. The van der Waals surface area contributed by atoms with Crippen LogP contribution in [0.5, 0.6) is 0 Å². The molecule has 0 aliphatic heterocycles. The topological polar surface area (TPSA) is 68.0 Å². The van der Waals surface area contributed by atoms with E-state index in [0.717, 1.165) is 10.6 Å². The van der Waals surface area contributed by atoms with Crippen molar-refractivity contribution in [3.8, 4) is 0 Å². The molecule has 0 fully saturated rings. The smallest absolute Gasteiger partial charge is 0.252 e. The highest BCUT2D eigenvalue weighted by Crippen LogP contribution is 2.23. The second-order valence-corrected chi connectivity index (χ2v) is 5.88. The lowest BCUT2D eigenvalue weighted by Gasteiger charge is -2.24. The van der Waals surface area contributed by atoms with Crippen molar-refractivity contribution in [1.82, 2.24) is 10.3 Å². The zero-order valence-electron chi connectivity index (χ0n) is 11.2. The molecule has 2 rings (SSSR count). The van der Waals surface area contributed by atoms with Gasteiger partial charge in [-0.3, -0.25) is 4.79 Å². The highest BCUT2D eigenvalue weighted by Gasteiger charge is 2.25. The quantitative estimate of drug-likeness (QED) is 0.846. The second kappa shape index (κ2) is 5.01. The first-order valence-electron chi connectivity index (χ1n) is 5.99. The molecule has 1 amide bonds. The molecular formula is C14H17N3OS. The third kappa shape index (κ3) is 2.93. The van der Waals surface area contributed by atoms with Gasteiger partial charge < -0.3 is 11.1 Å². The van der Waals surface area contributed by atoms with Crippen LogP contribution in [-0.2, 0) is 5.54 Å². The van der Waals surface area contributed by atoms with Crippen LogP contribution in [-0.4, -0.2) is 10.9 Å². The van der Waals surface area contributed by atoms with Gasteiger partial charge in [0, 0.05) is 22.8 Å². The van der Waals surface area contributed by atoms with Crippen molar-refractivity contribution < 1.29 is 4.79 Å². The summed E-state index contributed by atoms with van der Waals surface area (Å²) < 4.78 is 0. The molecule has 0 aliphatic carbocycles. The van der Waals surface area contributed by atoms with Crippen LogP contribution in [0.3, 0.4) is 0 Å². The first-order chi connectivity index (χ1) is 8.90. The number of nitrogens with one attached hydrogen (secondary N) is 1. The van der Waals surface area contributed by atoms with E-state index < -0.39 is 5.54 Å². The minimum atomic E-state index is -0.486. The minimum absolute atomic E-state index is 0.122. The lowest BCUT2D eigenvalue weighted by molar-refractivity contribution is 0.0912. The van der Waals surface area contributed by atoms with Gasteiger partial charge >= 0.3 is 0 Å². The third-order valence-corrected chi connectivity index (χ3v) is 4.02. The monoisotopic (exact) mass is 275 g/mol. The Bertz CT molecular complexity index is 591. The molecule has 2 aromatic rings. The summed E-state index contributed by atoms with van der Waals surface area (Å²) in [6.07, 6.45) is 1.74. The lowest BCUT2D eigenvalue weighted by atomic mass is 10.0. The van der Waals surface area contributed by atoms with Crippen LogP contribution in [0, 0.1) is 6.92 Å². The number of carbonyl (C=O) groups excluding carboxylic acids is 1. The Morgan fingerprint density at radius 2 is 2.16 bits per heavy atom. The highest BCUT2D eigenvalue weighted by molar-refractivity contribution is 7.09. The van der Waals surface area contributed by atoms with Gasteiger partial charge in [-0.15, -0.1) is 11.3 Å². The van der Waals surface area contributed by atoms with Crippen molar-refractivity contribution >= 4 is 22.9 Å². The number of anilines is 1. The summed E-state index contributed by atoms with van der Waals surface area (Å²) in [6.45, 7) is 5.76. The predicted octanol–water partition coefficient (Wildman–Crippen LogP) is 2.70. The number of hydrogen-bond donors (Lipinski definition) is 2. The number of nitrogens with two attached hydrogens (primary N) is 1. The molecule has 100 valence electrons. The molecule has 0 saturated carbocycles. The lowest BCUT2D eigenvalue weighted by Crippen LogP contribution is -2.40. The van der Waals surface area contributed by atoms with Gasteiger partial charge in [-0.25, -0.2) is 4.98 Å². The summed E-state index contributed by atoms with van der Waals surface area (Å²) in [5.41, 5.74) is 7.47. The first-order valence-corrected chi connectivity index (χ1v) is 6.87. The summed E-state index contributed by atoms with van der Waals surface area (Å²) in [6, 6.07) is 5.28. The molecule has 0 unspecified atom stereocenters. The van der Waals surface area contributed by atoms with E-state index in [4.69, 9.17) is 5.73 Å². The van der Waals surface area contributed by atoms with Gasteiger partial charge in [-0.05, 0) is 44.5 Å². The number of thiazole rings is 1. The van der Waals surface area contributed by atoms with Crippen LogP contribution in [0.2, 0.25) is 0 Å². The van der Waals surface area contributed by atoms with Gasteiger partial charge in [0.15, 0.2) is 0 Å². The maximum absolute atomic E-state index is 12.2. The normalized spacial score (nSPS) is 11.3. The molecule has 19 heavy (non-hydrogen) atoms. The van der Waals surface area contributed by atoms with Gasteiger partial charge in [0.25, 0.3) is 5.91 Å². The summed E-state index contributed by atoms with van der Waals surface area (Å²) in [5.74, 6) is -0.122. The molecule has 3 N–H and O–H groups in total. The van der Waals surface area contributed by atoms with Crippen LogP contribution in [0.1, 0.15) is 34.8 Å². The van der Waals surface area contributed by atoms with E-state index in [0.29, 0.717) is 11.3 Å². The van der Waals surface area contributed by atoms with E-state index in [1.807, 2.05) is 26.2 Å². The van der Waals surface area contributed by atoms with Crippen molar-refractivity contribution in [2.75, 3.05) is 5.73 Å². The first kappa shape index (κ1) is 13.5. The van der Waals surface area contributed by atoms with Crippen LogP contribution < -0.4 is 11.1 Å². The maximum Gasteiger partial charge on any atom is 0.252 e. The molecule has 0 saturated heterocycles. The molecule has 4 nitrogen and oxygen atoms in total. The largest absolute Gasteiger partial charge is 0.399 e. The number of benzene rings is 1. The second-order valence-electron chi connectivity index (χ2n) is 4.99. The number of hydrogen-bond acceptors (Lipinski definition) is 4. The fourth-order valence-electron chi connectivity index (χ4n) is 1.76. The maximum atomic E-state index is 12.2. The molecular weight excluding hydrogens is 258 g/mol. The Kier molecular flexibility index (Phi) is 3.57. The Morgan fingerprint density at radius 1 is 1.42 bits per heavy atom. The van der Waals surface area contributed by atoms with E-state index in [2.05, 4.69) is 10.3 Å². The van der Waals surface area contributed by atoms with E-state index in [-0.39, 0.29) is 5.91 Å². The van der Waals surface area contributed by atoms with Crippen LogP contribution in [0.4, 0.5) is 5.69 Å². The average Bonchev–Trinajstić information content (AvgIpc) is 2.86. The van der Waals surface area contributed by atoms with Crippen LogP contribution in [0.15, 0.2) is 29.8 Å². The van der Waals surface area contributed by atoms with Crippen LogP contribution >= 0.6 is 11.3 Å². The number of carbonyl (C=O) groups is 1. The number of aryl methyl sites for hydroxylation is 1. The van der Waals surface area contributed by atoms with Crippen molar-refractivity contribution in [3.05, 3.63) is 45.9 Å². The van der Waals surface area contributed by atoms with Crippen molar-refractivity contribution in [1.29, 1.82) is 0 Å². The fourth-order valence-corrected chi connectivity index (χ4v) is 2.48. The Labute approximate surface area is 116 Å². The van der Waals surface area contributed by atoms with Crippen molar-refractivity contribution in [3.63, 3.8) is 0 Å². The van der Waals surface area contributed by atoms with E-state index in [1.165, 1.54) is 11.3 Å². The number of nitrogens with zero attached hydrogens (tertiary/aromatic N) is 1.